The van der Waals surface area contributed by atoms with Crippen LogP contribution in [0, 0.1) is 12.3 Å². The zero-order valence-corrected chi connectivity index (χ0v) is 7.28. The minimum absolute atomic E-state index is 0.244. The van der Waals surface area contributed by atoms with E-state index >= 15 is 0 Å². The summed E-state index contributed by atoms with van der Waals surface area (Å²) in [5.41, 5.74) is 0.244. The maximum Gasteiger partial charge on any atom is 0.274 e. The number of nitrogens with one attached hydrogen (secondary N) is 1. The Labute approximate surface area is 76.3 Å². The normalized spacial score (nSPS) is 11.7. The Bertz CT molecular complexity index is 311. The van der Waals surface area contributed by atoms with E-state index in [2.05, 4.69) is 20.9 Å². The summed E-state index contributed by atoms with van der Waals surface area (Å²) in [5, 5.41) is 6.10. The average molecular weight is 178 g/mol. The first-order valence-electron chi connectivity index (χ1n) is 3.95. The number of rotatable bonds is 3. The molecule has 4 heteroatoms. The number of carbonyl (C=O) groups excluding carboxylic acids is 1. The Balaban J connectivity index is 2.57. The predicted molar refractivity (Wildman–Crippen MR) is 46.9 cm³/mol. The van der Waals surface area contributed by atoms with Gasteiger partial charge in [0, 0.05) is 6.07 Å². The molecule has 0 aliphatic carbocycles. The Kier molecular flexibility index (Phi) is 3.09. The maximum atomic E-state index is 11.3. The van der Waals surface area contributed by atoms with Crippen LogP contribution in [0.4, 0.5) is 0 Å². The first-order chi connectivity index (χ1) is 6.27. The van der Waals surface area contributed by atoms with E-state index in [1.54, 1.807) is 0 Å². The molecule has 1 unspecified atom stereocenters. The third-order valence-electron chi connectivity index (χ3n) is 1.59. The highest BCUT2D eigenvalue weighted by Crippen LogP contribution is 1.96. The fraction of sp³-hybridized carbons (Fsp3) is 0.333. The van der Waals surface area contributed by atoms with E-state index in [4.69, 9.17) is 6.42 Å². The molecule has 0 saturated carbocycles. The molecule has 0 aliphatic rings. The molecule has 4 nitrogen and oxygen atoms in total. The van der Waals surface area contributed by atoms with E-state index in [0.29, 0.717) is 6.42 Å². The Morgan fingerprint density at radius 1 is 1.92 bits per heavy atom. The fourth-order valence-electron chi connectivity index (χ4n) is 0.823. The van der Waals surface area contributed by atoms with Crippen molar-refractivity contribution in [3.63, 3.8) is 0 Å². The minimum Gasteiger partial charge on any atom is -0.364 e. The number of hydrogen-bond acceptors (Lipinski definition) is 3. The second-order valence-corrected chi connectivity index (χ2v) is 2.49. The van der Waals surface area contributed by atoms with Gasteiger partial charge in [-0.1, -0.05) is 18.0 Å². The topological polar surface area (TPSA) is 55.1 Å². The van der Waals surface area contributed by atoms with Gasteiger partial charge in [-0.3, -0.25) is 4.79 Å². The summed E-state index contributed by atoms with van der Waals surface area (Å²) >= 11 is 0. The van der Waals surface area contributed by atoms with Crippen molar-refractivity contribution in [2.45, 2.75) is 19.4 Å². The van der Waals surface area contributed by atoms with Gasteiger partial charge < -0.3 is 9.84 Å². The fourth-order valence-corrected chi connectivity index (χ4v) is 0.823. The van der Waals surface area contributed by atoms with Crippen LogP contribution in [0.2, 0.25) is 0 Å². The maximum absolute atomic E-state index is 11.3. The summed E-state index contributed by atoms with van der Waals surface area (Å²) in [6.07, 6.45) is 7.21. The van der Waals surface area contributed by atoms with E-state index in [1.807, 2.05) is 6.92 Å². The van der Waals surface area contributed by atoms with Gasteiger partial charge in [0.2, 0.25) is 0 Å². The molecule has 13 heavy (non-hydrogen) atoms. The largest absolute Gasteiger partial charge is 0.364 e. The van der Waals surface area contributed by atoms with E-state index in [-0.39, 0.29) is 17.6 Å². The molecule has 0 spiro atoms. The summed E-state index contributed by atoms with van der Waals surface area (Å²) < 4.78 is 4.52. The summed E-state index contributed by atoms with van der Waals surface area (Å²) in [4.78, 5) is 11.3. The van der Waals surface area contributed by atoms with Crippen molar-refractivity contribution in [2.75, 3.05) is 0 Å². The third kappa shape index (κ3) is 2.34. The molecule has 0 fully saturated rings. The molecular formula is C9H10N2O2. The summed E-state index contributed by atoms with van der Waals surface area (Å²) in [6.45, 7) is 1.90. The van der Waals surface area contributed by atoms with Gasteiger partial charge in [-0.15, -0.1) is 6.42 Å². The van der Waals surface area contributed by atoms with Crippen LogP contribution in [0.5, 0.6) is 0 Å². The molecule has 0 radical (unpaired) electrons. The Morgan fingerprint density at radius 3 is 3.15 bits per heavy atom. The number of aromatic nitrogens is 1. The van der Waals surface area contributed by atoms with Gasteiger partial charge in [-0.05, 0) is 6.42 Å². The number of carbonyl (C=O) groups is 1. The lowest BCUT2D eigenvalue weighted by Crippen LogP contribution is -2.33. The average Bonchev–Trinajstić information content (AvgIpc) is 2.66. The van der Waals surface area contributed by atoms with Crippen LogP contribution in [-0.2, 0) is 0 Å². The van der Waals surface area contributed by atoms with Crippen molar-refractivity contribution in [3.05, 3.63) is 18.0 Å². The van der Waals surface area contributed by atoms with Gasteiger partial charge in [-0.2, -0.15) is 0 Å². The summed E-state index contributed by atoms with van der Waals surface area (Å²) in [5.74, 6) is 2.15. The molecule has 1 atom stereocenters. The Hall–Kier alpha value is -1.76. The van der Waals surface area contributed by atoms with E-state index in [1.165, 1.54) is 12.3 Å². The van der Waals surface area contributed by atoms with E-state index in [0.717, 1.165) is 0 Å². The molecule has 1 rings (SSSR count). The van der Waals surface area contributed by atoms with Crippen LogP contribution in [-0.4, -0.2) is 17.1 Å². The molecule has 1 aromatic heterocycles. The van der Waals surface area contributed by atoms with Crippen LogP contribution >= 0.6 is 0 Å². The molecule has 0 saturated heterocycles. The quantitative estimate of drug-likeness (QED) is 0.697. The monoisotopic (exact) mass is 178 g/mol. The van der Waals surface area contributed by atoms with Gasteiger partial charge in [0.15, 0.2) is 5.69 Å². The summed E-state index contributed by atoms with van der Waals surface area (Å²) in [6, 6.07) is 1.24. The van der Waals surface area contributed by atoms with Crippen molar-refractivity contribution in [3.8, 4) is 12.3 Å². The molecule has 0 bridgehead atoms. The van der Waals surface area contributed by atoms with Gasteiger partial charge >= 0.3 is 0 Å². The van der Waals surface area contributed by atoms with Crippen LogP contribution in [0.25, 0.3) is 0 Å². The van der Waals surface area contributed by atoms with Crippen molar-refractivity contribution < 1.29 is 9.32 Å². The van der Waals surface area contributed by atoms with Crippen molar-refractivity contribution in [1.29, 1.82) is 0 Å². The van der Waals surface area contributed by atoms with Gasteiger partial charge in [0.1, 0.15) is 6.26 Å². The smallest absolute Gasteiger partial charge is 0.274 e. The number of amides is 1. The molecule has 0 aliphatic heterocycles. The molecule has 1 aromatic rings. The van der Waals surface area contributed by atoms with E-state index in [9.17, 15) is 4.79 Å². The standard InChI is InChI=1S/C9H10N2O2/c1-3-7(4-2)10-9(12)8-5-6-13-11-8/h1,5-7H,4H2,2H3,(H,10,12). The first kappa shape index (κ1) is 9.33. The van der Waals surface area contributed by atoms with Crippen LogP contribution < -0.4 is 5.32 Å². The highest BCUT2D eigenvalue weighted by Gasteiger charge is 2.11. The molecule has 1 heterocycles. The molecular weight excluding hydrogens is 168 g/mol. The molecule has 1 N–H and O–H groups in total. The summed E-state index contributed by atoms with van der Waals surface area (Å²) in [7, 11) is 0. The zero-order chi connectivity index (χ0) is 9.68. The van der Waals surface area contributed by atoms with Gasteiger partial charge in [0.25, 0.3) is 5.91 Å². The second-order valence-electron chi connectivity index (χ2n) is 2.49. The molecule has 0 aromatic carbocycles. The van der Waals surface area contributed by atoms with E-state index < -0.39 is 0 Å². The molecule has 68 valence electrons. The minimum atomic E-state index is -0.307. The van der Waals surface area contributed by atoms with Crippen LogP contribution in [0.15, 0.2) is 16.9 Å². The highest BCUT2D eigenvalue weighted by molar-refractivity contribution is 5.92. The van der Waals surface area contributed by atoms with Crippen LogP contribution in [0.3, 0.4) is 0 Å². The zero-order valence-electron chi connectivity index (χ0n) is 7.28. The SMILES string of the molecule is C#CC(CC)NC(=O)c1ccon1. The van der Waals surface area contributed by atoms with Crippen molar-refractivity contribution >= 4 is 5.91 Å². The highest BCUT2D eigenvalue weighted by atomic mass is 16.5. The second kappa shape index (κ2) is 4.31. The number of nitrogens with zero attached hydrogens (tertiary/aromatic N) is 1. The molecule has 1 amide bonds. The lowest BCUT2D eigenvalue weighted by atomic mass is 10.2. The van der Waals surface area contributed by atoms with Crippen LogP contribution in [0.1, 0.15) is 23.8 Å². The van der Waals surface area contributed by atoms with Gasteiger partial charge in [-0.25, -0.2) is 0 Å². The van der Waals surface area contributed by atoms with Crippen molar-refractivity contribution in [1.82, 2.24) is 10.5 Å². The van der Waals surface area contributed by atoms with Gasteiger partial charge in [0.05, 0.1) is 6.04 Å². The Morgan fingerprint density at radius 2 is 2.69 bits per heavy atom. The third-order valence-corrected chi connectivity index (χ3v) is 1.59. The lowest BCUT2D eigenvalue weighted by molar-refractivity contribution is 0.0936. The predicted octanol–water partition coefficient (Wildman–Crippen LogP) is 0.816. The first-order valence-corrected chi connectivity index (χ1v) is 3.95. The number of terminal acetylenes is 1. The van der Waals surface area contributed by atoms with Crippen molar-refractivity contribution in [2.24, 2.45) is 0 Å². The lowest BCUT2D eigenvalue weighted by Gasteiger charge is -2.07. The number of hydrogen-bond donors (Lipinski definition) is 1.